The summed E-state index contributed by atoms with van der Waals surface area (Å²) in [7, 11) is 0. The Morgan fingerprint density at radius 2 is 1.55 bits per heavy atom. The van der Waals surface area contributed by atoms with E-state index in [1.807, 2.05) is 36.4 Å². The van der Waals surface area contributed by atoms with Gasteiger partial charge < -0.3 is 24.2 Å². The Kier molecular flexibility index (Phi) is 9.12. The average molecular weight is 812 g/mol. The zero-order chi connectivity index (χ0) is 41.3. The number of aromatic nitrogens is 2. The van der Waals surface area contributed by atoms with Crippen LogP contribution in [0.5, 0.6) is 11.5 Å². The van der Waals surface area contributed by atoms with E-state index in [2.05, 4.69) is 26.2 Å². The lowest BCUT2D eigenvalue weighted by Crippen LogP contribution is -2.64. The summed E-state index contributed by atoms with van der Waals surface area (Å²) in [5, 5.41) is 11.9. The lowest BCUT2D eigenvalue weighted by molar-refractivity contribution is -0.137. The average Bonchev–Trinajstić information content (AvgIpc) is 3.55. The Hall–Kier alpha value is -6.66. The minimum atomic E-state index is -0.913. The summed E-state index contributed by atoms with van der Waals surface area (Å²) in [5.74, 6) is -3.16. The maximum atomic E-state index is 14.5. The molecule has 3 amide bonds. The Balaban J connectivity index is 0.708. The topological polar surface area (TPSA) is 150 Å². The zero-order valence-corrected chi connectivity index (χ0v) is 32.4. The van der Waals surface area contributed by atoms with Gasteiger partial charge in [0.1, 0.15) is 35.6 Å². The molecule has 0 radical (unpaired) electrons. The highest BCUT2D eigenvalue weighted by atomic mass is 19.1. The summed E-state index contributed by atoms with van der Waals surface area (Å²) >= 11 is 0. The van der Waals surface area contributed by atoms with Crippen molar-refractivity contribution in [2.24, 2.45) is 5.41 Å². The monoisotopic (exact) mass is 811 g/mol. The smallest absolute Gasteiger partial charge is 0.265 e. The largest absolute Gasteiger partial charge is 0.453 e. The Labute approximate surface area is 342 Å². The van der Waals surface area contributed by atoms with Gasteiger partial charge in [0.2, 0.25) is 11.8 Å². The summed E-state index contributed by atoms with van der Waals surface area (Å²) in [5.41, 5.74) is 3.99. The number of carbonyl (C=O) groups is 3. The van der Waals surface area contributed by atoms with Crippen LogP contribution < -0.4 is 25.4 Å². The molecule has 4 fully saturated rings. The number of amides is 3. The number of piperidine rings is 2. The van der Waals surface area contributed by atoms with Crippen LogP contribution in [0.25, 0.3) is 16.6 Å². The number of imide groups is 1. The molecular formula is C45H39F2N7O6. The van der Waals surface area contributed by atoms with E-state index in [0.717, 1.165) is 80.9 Å². The number of carbonyl (C=O) groups excluding carboxylic acids is 3. The highest BCUT2D eigenvalue weighted by Crippen LogP contribution is 2.51. The maximum absolute atomic E-state index is 14.5. The lowest BCUT2D eigenvalue weighted by atomic mass is 9.61. The molecule has 1 atom stereocenters. The van der Waals surface area contributed by atoms with Crippen molar-refractivity contribution in [2.45, 2.75) is 63.3 Å². The van der Waals surface area contributed by atoms with Crippen molar-refractivity contribution in [2.75, 3.05) is 36.0 Å². The Bertz CT molecular complexity index is 2690. The van der Waals surface area contributed by atoms with E-state index in [4.69, 9.17) is 9.47 Å². The van der Waals surface area contributed by atoms with E-state index >= 15 is 0 Å². The first-order valence-electron chi connectivity index (χ1n) is 20.2. The van der Waals surface area contributed by atoms with Crippen molar-refractivity contribution in [1.29, 1.82) is 5.26 Å². The molecule has 15 heteroatoms. The first-order valence-corrected chi connectivity index (χ1v) is 20.2. The molecule has 60 heavy (non-hydrogen) atoms. The molecule has 5 heterocycles. The molecular weight excluding hydrogens is 773 g/mol. The lowest BCUT2D eigenvalue weighted by Gasteiger charge is -2.60. The molecule has 1 N–H and O–H groups in total. The van der Waals surface area contributed by atoms with Crippen LogP contribution in [0.1, 0.15) is 60.0 Å². The molecule has 1 unspecified atom stereocenters. The fraction of sp³-hybridized carbons (Fsp3) is 0.333. The number of nitrogens with zero attached hydrogens (tertiary/aromatic N) is 6. The molecule has 304 valence electrons. The second-order valence-electron chi connectivity index (χ2n) is 16.5. The van der Waals surface area contributed by atoms with Crippen molar-refractivity contribution in [3.8, 4) is 23.3 Å². The minimum absolute atomic E-state index is 0.0597. The summed E-state index contributed by atoms with van der Waals surface area (Å²) < 4.78 is 42.2. The van der Waals surface area contributed by atoms with E-state index in [1.165, 1.54) is 23.0 Å². The predicted octanol–water partition coefficient (Wildman–Crippen LogP) is 5.74. The summed E-state index contributed by atoms with van der Waals surface area (Å²) in [6, 6.07) is 20.8. The molecule has 0 bridgehead atoms. The molecule has 4 aliphatic heterocycles. The third-order valence-corrected chi connectivity index (χ3v) is 12.7. The first-order chi connectivity index (χ1) is 29.0. The van der Waals surface area contributed by atoms with Gasteiger partial charge in [0.25, 0.3) is 11.5 Å². The molecule has 1 spiro atoms. The van der Waals surface area contributed by atoms with Gasteiger partial charge in [-0.25, -0.2) is 13.8 Å². The van der Waals surface area contributed by atoms with Crippen LogP contribution in [0, 0.1) is 28.4 Å². The summed E-state index contributed by atoms with van der Waals surface area (Å²) in [6.45, 7) is 3.96. The second-order valence-corrected chi connectivity index (χ2v) is 16.5. The van der Waals surface area contributed by atoms with Crippen molar-refractivity contribution in [3.05, 3.63) is 118 Å². The van der Waals surface area contributed by atoms with Gasteiger partial charge in [-0.2, -0.15) is 5.26 Å². The van der Waals surface area contributed by atoms with Gasteiger partial charge in [-0.15, -0.1) is 0 Å². The Morgan fingerprint density at radius 1 is 0.817 bits per heavy atom. The van der Waals surface area contributed by atoms with Gasteiger partial charge in [0.05, 0.1) is 28.8 Å². The number of nitrogens with one attached hydrogen (secondary N) is 1. The highest BCUT2D eigenvalue weighted by Gasteiger charge is 2.53. The van der Waals surface area contributed by atoms with Gasteiger partial charge in [-0.05, 0) is 110 Å². The summed E-state index contributed by atoms with van der Waals surface area (Å²) in [4.78, 5) is 61.4. The number of fused-ring (bicyclic) bond motifs is 2. The molecule has 1 aliphatic carbocycles. The van der Waals surface area contributed by atoms with Crippen LogP contribution in [0.3, 0.4) is 0 Å². The number of ether oxygens (including phenoxy) is 2. The van der Waals surface area contributed by atoms with Crippen LogP contribution in [-0.4, -0.2) is 76.6 Å². The fourth-order valence-corrected chi connectivity index (χ4v) is 9.51. The maximum Gasteiger partial charge on any atom is 0.265 e. The van der Waals surface area contributed by atoms with Crippen LogP contribution in [0.15, 0.2) is 83.9 Å². The van der Waals surface area contributed by atoms with Crippen molar-refractivity contribution in [1.82, 2.24) is 19.8 Å². The highest BCUT2D eigenvalue weighted by molar-refractivity contribution is 6.05. The number of halogens is 2. The number of anilines is 2. The second kappa shape index (κ2) is 14.6. The van der Waals surface area contributed by atoms with Gasteiger partial charge >= 0.3 is 0 Å². The third kappa shape index (κ3) is 6.61. The minimum Gasteiger partial charge on any atom is -0.453 e. The molecule has 5 aliphatic rings. The van der Waals surface area contributed by atoms with Crippen LogP contribution in [-0.2, 0) is 20.9 Å². The molecule has 13 nitrogen and oxygen atoms in total. The van der Waals surface area contributed by atoms with Crippen LogP contribution in [0.2, 0.25) is 0 Å². The molecule has 3 saturated heterocycles. The molecule has 4 aromatic carbocycles. The Morgan fingerprint density at radius 3 is 2.30 bits per heavy atom. The van der Waals surface area contributed by atoms with Crippen molar-refractivity contribution >= 4 is 40.0 Å². The van der Waals surface area contributed by atoms with E-state index in [-0.39, 0.29) is 52.6 Å². The number of benzene rings is 4. The van der Waals surface area contributed by atoms with E-state index in [1.54, 1.807) is 17.0 Å². The SMILES string of the molecule is N#Cc1c(F)ccc(F)c1Oc1ccc2ncn(-c3ccc(N4CCC(OC5CC6(C5)CN(c5ccc7c(c5)CN(C5CCC(=O)NC5=O)C7=O)C6)CC4)cc3)c(=O)c2c1. The third-order valence-electron chi connectivity index (χ3n) is 12.7. The molecule has 1 aromatic heterocycles. The van der Waals surface area contributed by atoms with Gasteiger partial charge in [-0.1, -0.05) is 0 Å². The molecule has 1 saturated carbocycles. The molecule has 10 rings (SSSR count). The number of rotatable bonds is 8. The fourth-order valence-electron chi connectivity index (χ4n) is 9.51. The molecule has 5 aromatic rings. The van der Waals surface area contributed by atoms with E-state index in [0.29, 0.717) is 29.7 Å². The normalized spacial score (nSPS) is 20.2. The van der Waals surface area contributed by atoms with Gasteiger partial charge in [0, 0.05) is 61.5 Å². The zero-order valence-electron chi connectivity index (χ0n) is 32.4. The van der Waals surface area contributed by atoms with Crippen molar-refractivity contribution < 1.29 is 32.6 Å². The van der Waals surface area contributed by atoms with Crippen LogP contribution in [0.4, 0.5) is 20.2 Å². The van der Waals surface area contributed by atoms with Crippen LogP contribution >= 0.6 is 0 Å². The number of nitriles is 1. The first kappa shape index (κ1) is 37.6. The van der Waals surface area contributed by atoms with E-state index < -0.39 is 34.9 Å². The standard InChI is InChI=1S/C45H39F2N7O6/c46-36-8-9-37(47)41(35(36)21-48)60-31-6-10-38-34(18-31)44(58)54(25-49-38)28-3-1-27(2-4-28)51-15-13-30(14-16-51)59-32-19-45(20-32)23-52(24-45)29-5-7-33-26(17-29)22-53(43(33)57)39-11-12-40(55)50-42(39)56/h1-10,17-18,25,30,32,39H,11-16,19-20,22-24H2,(H,50,55,56). The van der Waals surface area contributed by atoms with E-state index in [9.17, 15) is 33.2 Å². The summed E-state index contributed by atoms with van der Waals surface area (Å²) in [6.07, 6.45) is 6.36. The van der Waals surface area contributed by atoms with Crippen molar-refractivity contribution in [3.63, 3.8) is 0 Å². The quantitative estimate of drug-likeness (QED) is 0.192. The van der Waals surface area contributed by atoms with Gasteiger partial charge in [-0.3, -0.25) is 29.1 Å². The van der Waals surface area contributed by atoms with Gasteiger partial charge in [0.15, 0.2) is 11.6 Å². The number of hydrogen-bond donors (Lipinski definition) is 1. The predicted molar refractivity (Wildman–Crippen MR) is 215 cm³/mol. The number of hydrogen-bond acceptors (Lipinski definition) is 10.